The van der Waals surface area contributed by atoms with Crippen LogP contribution in [0.4, 0.5) is 8.78 Å². The van der Waals surface area contributed by atoms with Crippen molar-refractivity contribution in [1.82, 2.24) is 5.48 Å². The molecule has 152 valence electrons. The summed E-state index contributed by atoms with van der Waals surface area (Å²) < 4.78 is 56.6. The summed E-state index contributed by atoms with van der Waals surface area (Å²) in [6, 6.07) is 7.93. The molecule has 6 nitrogen and oxygen atoms in total. The van der Waals surface area contributed by atoms with E-state index in [-0.39, 0.29) is 40.9 Å². The Labute approximate surface area is 170 Å². The predicted molar refractivity (Wildman–Crippen MR) is 102 cm³/mol. The van der Waals surface area contributed by atoms with Gasteiger partial charge in [0, 0.05) is 22.6 Å². The molecule has 3 rings (SSSR count). The van der Waals surface area contributed by atoms with Crippen molar-refractivity contribution in [3.8, 4) is 16.9 Å². The molecule has 0 fully saturated rings. The van der Waals surface area contributed by atoms with Crippen LogP contribution in [-0.2, 0) is 14.4 Å². The van der Waals surface area contributed by atoms with Gasteiger partial charge in [-0.1, -0.05) is 12.1 Å². The third kappa shape index (κ3) is 3.97. The fraction of sp³-hybridized carbons (Fsp3) is 0.238. The lowest BCUT2D eigenvalue weighted by atomic mass is 9.89. The van der Waals surface area contributed by atoms with Crippen LogP contribution in [0, 0.1) is 11.6 Å². The molecule has 1 atom stereocenters. The number of carbonyl (C=O) groups is 2. The first-order valence-corrected chi connectivity index (χ1v) is 8.66. The van der Waals surface area contributed by atoms with Gasteiger partial charge in [-0.15, -0.1) is 0 Å². The molecular weight excluding hydrogens is 382 g/mol. The number of halogens is 2. The molecule has 0 saturated heterocycles. The number of ether oxygens (including phenoxy) is 1. The Kier molecular flexibility index (Phi) is 4.83. The van der Waals surface area contributed by atoms with E-state index < -0.39 is 36.4 Å². The normalized spacial score (nSPS) is 18.0. The number of hydroxylamine groups is 1. The van der Waals surface area contributed by atoms with Crippen molar-refractivity contribution in [2.24, 2.45) is 5.73 Å². The number of carbonyl (C=O) groups excluding carboxylic acids is 2. The van der Waals surface area contributed by atoms with E-state index in [2.05, 4.69) is 10.3 Å². The van der Waals surface area contributed by atoms with Gasteiger partial charge in [-0.2, -0.15) is 0 Å². The van der Waals surface area contributed by atoms with Gasteiger partial charge in [0.1, 0.15) is 17.4 Å². The van der Waals surface area contributed by atoms with Gasteiger partial charge in [-0.25, -0.2) is 14.3 Å². The van der Waals surface area contributed by atoms with Crippen LogP contribution in [0.3, 0.4) is 0 Å². The second-order valence-electron chi connectivity index (χ2n) is 6.47. The van der Waals surface area contributed by atoms with Crippen LogP contribution in [0.1, 0.15) is 28.4 Å². The molecule has 8 heteroatoms. The number of nitrogens with one attached hydrogen (secondary N) is 1. The average molecular weight is 405 g/mol. The molecule has 0 saturated carbocycles. The highest BCUT2D eigenvalue weighted by atomic mass is 19.1. The molecule has 2 aromatic carbocycles. The highest BCUT2D eigenvalue weighted by molar-refractivity contribution is 6.05. The lowest BCUT2D eigenvalue weighted by Gasteiger charge is -2.18. The Hall–Kier alpha value is -3.26. The van der Waals surface area contributed by atoms with Crippen LogP contribution in [0.2, 0.25) is 0 Å². The molecule has 0 spiro atoms. The quantitative estimate of drug-likeness (QED) is 0.723. The molecule has 0 bridgehead atoms. The fourth-order valence-corrected chi connectivity index (χ4v) is 3.59. The lowest BCUT2D eigenvalue weighted by molar-refractivity contribution is -0.128. The zero-order chi connectivity index (χ0) is 23.6. The molecule has 1 aliphatic rings. The maximum Gasteiger partial charge on any atom is 0.271 e. The molecule has 29 heavy (non-hydrogen) atoms. The van der Waals surface area contributed by atoms with Gasteiger partial charge in [0.25, 0.3) is 5.91 Å². The van der Waals surface area contributed by atoms with Crippen molar-refractivity contribution in [1.29, 1.82) is 0 Å². The van der Waals surface area contributed by atoms with Gasteiger partial charge in [0.2, 0.25) is 5.91 Å². The lowest BCUT2D eigenvalue weighted by Crippen LogP contribution is -2.28. The largest absolute Gasteiger partial charge is 0.497 e. The second kappa shape index (κ2) is 8.40. The zero-order valence-corrected chi connectivity index (χ0v) is 15.4. The second-order valence-corrected chi connectivity index (χ2v) is 6.47. The molecule has 1 unspecified atom stereocenters. The van der Waals surface area contributed by atoms with E-state index in [1.807, 2.05) is 0 Å². The third-order valence-corrected chi connectivity index (χ3v) is 4.81. The van der Waals surface area contributed by atoms with E-state index in [1.165, 1.54) is 25.3 Å². The van der Waals surface area contributed by atoms with E-state index in [0.717, 1.165) is 12.1 Å². The Morgan fingerprint density at radius 1 is 1.21 bits per heavy atom. The first-order chi connectivity index (χ1) is 15.0. The van der Waals surface area contributed by atoms with Gasteiger partial charge in [-0.3, -0.25) is 14.4 Å². The minimum Gasteiger partial charge on any atom is -0.497 e. The zero-order valence-electron chi connectivity index (χ0n) is 18.4. The molecule has 0 aliphatic heterocycles. The summed E-state index contributed by atoms with van der Waals surface area (Å²) in [7, 11) is -1.49. The Balaban J connectivity index is 2.02. The standard InChI is InChI=1S/C21H20F2N2O4/c1-28-13-5-3-4-11(8-13)12-9-16(22)19(17(23)10-12)14-6-7-15(20(24)26)18(14)21(27)25-29-2/h3-5,8-10,14H,6-7H2,1-2H3,(H2,24,26)(H,25,27)/i1D3. The summed E-state index contributed by atoms with van der Waals surface area (Å²) in [5, 5.41) is 0. The van der Waals surface area contributed by atoms with Crippen molar-refractivity contribution in [3.63, 3.8) is 0 Å². The van der Waals surface area contributed by atoms with E-state index in [9.17, 15) is 9.59 Å². The first kappa shape index (κ1) is 16.7. The summed E-state index contributed by atoms with van der Waals surface area (Å²) in [4.78, 5) is 28.7. The van der Waals surface area contributed by atoms with Crippen LogP contribution in [0.15, 0.2) is 47.5 Å². The highest BCUT2D eigenvalue weighted by Gasteiger charge is 2.37. The van der Waals surface area contributed by atoms with Crippen LogP contribution in [0.5, 0.6) is 5.75 Å². The van der Waals surface area contributed by atoms with Crippen LogP contribution in [0.25, 0.3) is 11.1 Å². The Bertz CT molecular complexity index is 1080. The smallest absolute Gasteiger partial charge is 0.271 e. The van der Waals surface area contributed by atoms with Crippen LogP contribution in [-0.4, -0.2) is 26.0 Å². The topological polar surface area (TPSA) is 90.7 Å². The number of hydrogen-bond acceptors (Lipinski definition) is 4. The van der Waals surface area contributed by atoms with Crippen LogP contribution < -0.4 is 16.0 Å². The Morgan fingerprint density at radius 2 is 1.93 bits per heavy atom. The van der Waals surface area contributed by atoms with E-state index in [0.29, 0.717) is 5.56 Å². The predicted octanol–water partition coefficient (Wildman–Crippen LogP) is 2.98. The van der Waals surface area contributed by atoms with Gasteiger partial charge in [0.05, 0.1) is 18.3 Å². The van der Waals surface area contributed by atoms with Crippen molar-refractivity contribution >= 4 is 11.8 Å². The monoisotopic (exact) mass is 405 g/mol. The summed E-state index contributed by atoms with van der Waals surface area (Å²) >= 11 is 0. The van der Waals surface area contributed by atoms with Crippen molar-refractivity contribution in [3.05, 3.63) is 64.7 Å². The number of hydrogen-bond donors (Lipinski definition) is 2. The Morgan fingerprint density at radius 3 is 2.55 bits per heavy atom. The van der Waals surface area contributed by atoms with Gasteiger partial charge < -0.3 is 10.5 Å². The molecule has 1 aliphatic carbocycles. The SMILES string of the molecule is [2H]C([2H])([2H])Oc1cccc(-c2cc(F)c(C3CCC(C(N)=O)=C3C(=O)NOC)c(F)c2)c1. The fourth-order valence-electron chi connectivity index (χ4n) is 3.59. The summed E-state index contributed by atoms with van der Waals surface area (Å²) in [5.74, 6) is -4.54. The molecular formula is C21H20F2N2O4. The molecule has 0 heterocycles. The summed E-state index contributed by atoms with van der Waals surface area (Å²) in [6.45, 7) is 0. The number of rotatable bonds is 6. The van der Waals surface area contributed by atoms with Gasteiger partial charge in [-0.05, 0) is 48.2 Å². The van der Waals surface area contributed by atoms with Crippen molar-refractivity contribution < 1.29 is 32.1 Å². The minimum absolute atomic E-state index is 0.00995. The summed E-state index contributed by atoms with van der Waals surface area (Å²) in [5.41, 5.74) is 7.34. The van der Waals surface area contributed by atoms with Crippen molar-refractivity contribution in [2.75, 3.05) is 14.1 Å². The average Bonchev–Trinajstić information content (AvgIpc) is 3.11. The maximum atomic E-state index is 15.1. The molecule has 2 amide bonds. The molecule has 0 aromatic heterocycles. The third-order valence-electron chi connectivity index (χ3n) is 4.81. The van der Waals surface area contributed by atoms with Gasteiger partial charge >= 0.3 is 0 Å². The summed E-state index contributed by atoms with van der Waals surface area (Å²) in [6.07, 6.45) is 0.196. The number of methoxy groups -OCH3 is 1. The number of amides is 2. The number of nitrogens with two attached hydrogens (primary N) is 1. The minimum atomic E-state index is -2.68. The van der Waals surface area contributed by atoms with E-state index in [4.69, 9.17) is 14.6 Å². The molecule has 2 aromatic rings. The highest BCUT2D eigenvalue weighted by Crippen LogP contribution is 2.42. The number of benzene rings is 2. The van der Waals surface area contributed by atoms with E-state index in [1.54, 1.807) is 6.07 Å². The molecule has 0 radical (unpaired) electrons. The first-order valence-electron chi connectivity index (χ1n) is 10.2. The number of primary amides is 1. The van der Waals surface area contributed by atoms with Crippen molar-refractivity contribution in [2.45, 2.75) is 18.8 Å². The van der Waals surface area contributed by atoms with Crippen LogP contribution >= 0.6 is 0 Å². The maximum absolute atomic E-state index is 15.1. The van der Waals surface area contributed by atoms with E-state index >= 15 is 8.78 Å². The molecule has 3 N–H and O–H groups in total. The van der Waals surface area contributed by atoms with Gasteiger partial charge in [0.15, 0.2) is 0 Å².